The van der Waals surface area contributed by atoms with Gasteiger partial charge in [0, 0.05) is 54.9 Å². The number of nitrogens with one attached hydrogen (secondary N) is 3. The van der Waals surface area contributed by atoms with Crippen LogP contribution in [0.1, 0.15) is 30.6 Å². The van der Waals surface area contributed by atoms with E-state index in [1.54, 1.807) is 18.2 Å². The zero-order valence-corrected chi connectivity index (χ0v) is 16.5. The molecule has 1 fully saturated rings. The molecular formula is C19H30N4O2S. The average molecular weight is 379 g/mol. The molecule has 1 heterocycles. The molecule has 1 aliphatic heterocycles. The monoisotopic (exact) mass is 378 g/mol. The number of rotatable bonds is 9. The predicted molar refractivity (Wildman–Crippen MR) is 109 cm³/mol. The van der Waals surface area contributed by atoms with Gasteiger partial charge in [0.05, 0.1) is 0 Å². The molecule has 0 aliphatic carbocycles. The zero-order chi connectivity index (χ0) is 18.8. The molecule has 2 amide bonds. The number of amides is 2. The molecule has 1 saturated heterocycles. The van der Waals surface area contributed by atoms with E-state index in [0.29, 0.717) is 24.2 Å². The van der Waals surface area contributed by atoms with Gasteiger partial charge < -0.3 is 20.9 Å². The summed E-state index contributed by atoms with van der Waals surface area (Å²) in [5, 5.41) is 9.20. The summed E-state index contributed by atoms with van der Waals surface area (Å²) in [6.45, 7) is 8.57. The van der Waals surface area contributed by atoms with Crippen molar-refractivity contribution < 1.29 is 9.59 Å². The van der Waals surface area contributed by atoms with Crippen LogP contribution in [0, 0.1) is 0 Å². The minimum Gasteiger partial charge on any atom is -0.351 e. The van der Waals surface area contributed by atoms with Crippen molar-refractivity contribution in [3.63, 3.8) is 0 Å². The molecule has 1 unspecified atom stereocenters. The highest BCUT2D eigenvalue weighted by molar-refractivity contribution is 7.99. The summed E-state index contributed by atoms with van der Waals surface area (Å²) >= 11 is 1.87. The van der Waals surface area contributed by atoms with E-state index in [1.807, 2.05) is 17.8 Å². The van der Waals surface area contributed by atoms with Crippen LogP contribution in [0.3, 0.4) is 0 Å². The van der Waals surface area contributed by atoms with Crippen LogP contribution >= 0.6 is 11.8 Å². The lowest BCUT2D eigenvalue weighted by molar-refractivity contribution is -0.116. The number of benzene rings is 1. The van der Waals surface area contributed by atoms with Gasteiger partial charge in [0.15, 0.2) is 0 Å². The number of likely N-dealkylation sites (N-methyl/N-ethyl adjacent to an activating group) is 1. The van der Waals surface area contributed by atoms with Gasteiger partial charge in [0.1, 0.15) is 0 Å². The van der Waals surface area contributed by atoms with Crippen molar-refractivity contribution in [2.24, 2.45) is 0 Å². The molecule has 1 aromatic carbocycles. The van der Waals surface area contributed by atoms with E-state index in [9.17, 15) is 9.59 Å². The van der Waals surface area contributed by atoms with E-state index in [1.165, 1.54) is 0 Å². The highest BCUT2D eigenvalue weighted by Gasteiger charge is 2.17. The van der Waals surface area contributed by atoms with Gasteiger partial charge in [-0.15, -0.1) is 0 Å². The summed E-state index contributed by atoms with van der Waals surface area (Å²) < 4.78 is 0. The fourth-order valence-corrected chi connectivity index (χ4v) is 3.84. The topological polar surface area (TPSA) is 73.5 Å². The van der Waals surface area contributed by atoms with Crippen molar-refractivity contribution in [2.75, 3.05) is 49.5 Å². The normalized spacial score (nSPS) is 17.1. The first kappa shape index (κ1) is 20.7. The van der Waals surface area contributed by atoms with Crippen molar-refractivity contribution in [1.29, 1.82) is 0 Å². The van der Waals surface area contributed by atoms with Crippen molar-refractivity contribution >= 4 is 29.3 Å². The lowest BCUT2D eigenvalue weighted by atomic mass is 10.1. The highest BCUT2D eigenvalue weighted by Crippen LogP contribution is 2.14. The molecule has 3 N–H and O–H groups in total. The first-order valence-electron chi connectivity index (χ1n) is 9.34. The van der Waals surface area contributed by atoms with Gasteiger partial charge >= 0.3 is 0 Å². The van der Waals surface area contributed by atoms with Crippen LogP contribution in [0.4, 0.5) is 5.69 Å². The van der Waals surface area contributed by atoms with Crippen molar-refractivity contribution in [2.45, 2.75) is 26.3 Å². The fraction of sp³-hybridized carbons (Fsp3) is 0.579. The molecule has 0 radical (unpaired) electrons. The molecule has 1 atom stereocenters. The quantitative estimate of drug-likeness (QED) is 0.611. The second kappa shape index (κ2) is 11.2. The summed E-state index contributed by atoms with van der Waals surface area (Å²) in [6.07, 6.45) is 0.452. The van der Waals surface area contributed by atoms with Gasteiger partial charge in [-0.3, -0.25) is 9.59 Å². The van der Waals surface area contributed by atoms with Gasteiger partial charge in [0.2, 0.25) is 5.91 Å². The fourth-order valence-electron chi connectivity index (χ4n) is 2.89. The van der Waals surface area contributed by atoms with E-state index in [-0.39, 0.29) is 17.9 Å². The second-order valence-electron chi connectivity index (χ2n) is 6.34. The Hall–Kier alpha value is -1.57. The smallest absolute Gasteiger partial charge is 0.251 e. The Labute approximate surface area is 160 Å². The minimum absolute atomic E-state index is 0.0240. The Morgan fingerprint density at radius 2 is 2.12 bits per heavy atom. The number of hydrogen-bond donors (Lipinski definition) is 3. The molecule has 2 rings (SSSR count). The SMILES string of the molecule is CCN(CC)CCNC(=O)c1cccc(NC(=O)CC2CSCCN2)c1. The summed E-state index contributed by atoms with van der Waals surface area (Å²) in [4.78, 5) is 26.8. The molecule has 1 aliphatic rings. The largest absolute Gasteiger partial charge is 0.351 e. The van der Waals surface area contributed by atoms with E-state index in [0.717, 1.165) is 37.7 Å². The number of nitrogens with zero attached hydrogens (tertiary/aromatic N) is 1. The minimum atomic E-state index is -0.112. The van der Waals surface area contributed by atoms with Crippen LogP contribution < -0.4 is 16.0 Å². The third-order valence-electron chi connectivity index (χ3n) is 4.45. The molecule has 144 valence electrons. The van der Waals surface area contributed by atoms with Crippen LogP contribution in [-0.2, 0) is 4.79 Å². The van der Waals surface area contributed by atoms with E-state index in [2.05, 4.69) is 34.7 Å². The second-order valence-corrected chi connectivity index (χ2v) is 7.49. The van der Waals surface area contributed by atoms with Crippen molar-refractivity contribution in [3.05, 3.63) is 29.8 Å². The van der Waals surface area contributed by atoms with Gasteiger partial charge in [-0.25, -0.2) is 0 Å². The maximum atomic E-state index is 12.3. The molecule has 1 aromatic rings. The molecule has 26 heavy (non-hydrogen) atoms. The Morgan fingerprint density at radius 1 is 1.31 bits per heavy atom. The number of anilines is 1. The van der Waals surface area contributed by atoms with Crippen LogP contribution in [0.2, 0.25) is 0 Å². The highest BCUT2D eigenvalue weighted by atomic mass is 32.2. The van der Waals surface area contributed by atoms with Crippen LogP contribution in [0.5, 0.6) is 0 Å². The Bertz CT molecular complexity index is 587. The lowest BCUT2D eigenvalue weighted by Gasteiger charge is -2.22. The Morgan fingerprint density at radius 3 is 2.81 bits per heavy atom. The van der Waals surface area contributed by atoms with Gasteiger partial charge in [-0.2, -0.15) is 11.8 Å². The van der Waals surface area contributed by atoms with Crippen LogP contribution in [-0.4, -0.2) is 67.0 Å². The van der Waals surface area contributed by atoms with E-state index in [4.69, 9.17) is 0 Å². The molecule has 0 aromatic heterocycles. The lowest BCUT2D eigenvalue weighted by Crippen LogP contribution is -2.39. The average Bonchev–Trinajstić information content (AvgIpc) is 2.66. The molecule has 7 heteroatoms. The Kier molecular flexibility index (Phi) is 8.94. The summed E-state index contributed by atoms with van der Waals surface area (Å²) in [5.74, 6) is 1.93. The first-order valence-corrected chi connectivity index (χ1v) is 10.5. The summed E-state index contributed by atoms with van der Waals surface area (Å²) in [7, 11) is 0. The van der Waals surface area contributed by atoms with Crippen molar-refractivity contribution in [3.8, 4) is 0 Å². The standard InChI is InChI=1S/C19H30N4O2S/c1-3-23(4-2)10-8-21-19(25)15-6-5-7-16(12-15)22-18(24)13-17-14-26-11-9-20-17/h5-7,12,17,20H,3-4,8-11,13-14H2,1-2H3,(H,21,25)(H,22,24). The molecule has 6 nitrogen and oxygen atoms in total. The summed E-state index contributed by atoms with van der Waals surface area (Å²) in [5.41, 5.74) is 1.23. The third kappa shape index (κ3) is 6.97. The first-order chi connectivity index (χ1) is 12.6. The zero-order valence-electron chi connectivity index (χ0n) is 15.7. The third-order valence-corrected chi connectivity index (χ3v) is 5.58. The van der Waals surface area contributed by atoms with Crippen molar-refractivity contribution in [1.82, 2.24) is 15.5 Å². The molecular weight excluding hydrogens is 348 g/mol. The molecule has 0 bridgehead atoms. The van der Waals surface area contributed by atoms with Gasteiger partial charge in [-0.05, 0) is 31.3 Å². The van der Waals surface area contributed by atoms with E-state index >= 15 is 0 Å². The Balaban J connectivity index is 1.82. The molecule has 0 saturated carbocycles. The number of carbonyl (C=O) groups excluding carboxylic acids is 2. The number of thioether (sulfide) groups is 1. The maximum Gasteiger partial charge on any atom is 0.251 e. The van der Waals surface area contributed by atoms with Gasteiger partial charge in [0.25, 0.3) is 5.91 Å². The number of carbonyl (C=O) groups is 2. The van der Waals surface area contributed by atoms with Crippen LogP contribution in [0.15, 0.2) is 24.3 Å². The van der Waals surface area contributed by atoms with Crippen LogP contribution in [0.25, 0.3) is 0 Å². The van der Waals surface area contributed by atoms with Gasteiger partial charge in [-0.1, -0.05) is 19.9 Å². The summed E-state index contributed by atoms with van der Waals surface area (Å²) in [6, 6.07) is 7.33. The maximum absolute atomic E-state index is 12.3. The predicted octanol–water partition coefficient (Wildman–Crippen LogP) is 1.79. The number of hydrogen-bond acceptors (Lipinski definition) is 5. The molecule has 0 spiro atoms. The van der Waals surface area contributed by atoms with E-state index < -0.39 is 0 Å².